The Kier molecular flexibility index (Phi) is 3.85. The first-order valence-corrected chi connectivity index (χ1v) is 7.30. The van der Waals surface area contributed by atoms with Crippen molar-refractivity contribution < 1.29 is 9.90 Å². The molecule has 6 nitrogen and oxygen atoms in total. The molecule has 0 saturated carbocycles. The molecular formula is C15H15ClN4O2. The summed E-state index contributed by atoms with van der Waals surface area (Å²) < 4.78 is 1.71. The Balaban J connectivity index is 1.92. The number of carbonyl (C=O) groups is 1. The van der Waals surface area contributed by atoms with Crippen LogP contribution >= 0.6 is 11.6 Å². The van der Waals surface area contributed by atoms with Crippen LogP contribution in [0.4, 0.5) is 4.79 Å². The van der Waals surface area contributed by atoms with E-state index in [1.165, 1.54) is 4.90 Å². The monoisotopic (exact) mass is 318 g/mol. The molecule has 2 aromatic rings. The molecule has 1 aliphatic heterocycles. The largest absolute Gasteiger partial charge is 0.465 e. The van der Waals surface area contributed by atoms with E-state index in [1.807, 2.05) is 37.3 Å². The predicted molar refractivity (Wildman–Crippen MR) is 83.3 cm³/mol. The lowest BCUT2D eigenvalue weighted by Gasteiger charge is -2.23. The molecule has 0 bridgehead atoms. The molecule has 1 amide bonds. The number of nitrogens with zero attached hydrogens (tertiary/aromatic N) is 4. The van der Waals surface area contributed by atoms with Gasteiger partial charge in [-0.25, -0.2) is 9.48 Å². The summed E-state index contributed by atoms with van der Waals surface area (Å²) in [5.74, 6) is 0. The van der Waals surface area contributed by atoms with Gasteiger partial charge in [0.25, 0.3) is 0 Å². The molecule has 0 saturated heterocycles. The molecule has 2 heterocycles. The van der Waals surface area contributed by atoms with Gasteiger partial charge in [0.1, 0.15) is 5.69 Å². The quantitative estimate of drug-likeness (QED) is 0.924. The van der Waals surface area contributed by atoms with Gasteiger partial charge in [-0.3, -0.25) is 0 Å². The van der Waals surface area contributed by atoms with Crippen molar-refractivity contribution in [1.29, 1.82) is 0 Å². The summed E-state index contributed by atoms with van der Waals surface area (Å²) in [6.45, 7) is 2.78. The van der Waals surface area contributed by atoms with E-state index in [0.29, 0.717) is 24.5 Å². The molecule has 0 unspecified atom stereocenters. The number of halogens is 1. The molecule has 0 fully saturated rings. The third kappa shape index (κ3) is 2.57. The van der Waals surface area contributed by atoms with Gasteiger partial charge in [0, 0.05) is 13.1 Å². The van der Waals surface area contributed by atoms with Gasteiger partial charge in [-0.05, 0) is 31.1 Å². The van der Waals surface area contributed by atoms with Crippen molar-refractivity contribution >= 4 is 23.3 Å². The Morgan fingerprint density at radius 3 is 2.77 bits per heavy atom. The van der Waals surface area contributed by atoms with Crippen LogP contribution in [0.15, 0.2) is 30.3 Å². The summed E-state index contributed by atoms with van der Waals surface area (Å²) in [7, 11) is 0. The second-order valence-corrected chi connectivity index (χ2v) is 5.50. The third-order valence-corrected chi connectivity index (χ3v) is 4.08. The molecule has 0 radical (unpaired) electrons. The molecular weight excluding hydrogens is 304 g/mol. The maximum absolute atomic E-state index is 10.9. The fraction of sp³-hybridized carbons (Fsp3) is 0.267. The second kappa shape index (κ2) is 5.81. The van der Waals surface area contributed by atoms with Gasteiger partial charge in [0.05, 0.1) is 16.4 Å². The lowest BCUT2D eigenvalue weighted by molar-refractivity contribution is 0.150. The van der Waals surface area contributed by atoms with Crippen LogP contribution in [0.3, 0.4) is 0 Å². The summed E-state index contributed by atoms with van der Waals surface area (Å²) in [5.41, 5.74) is 3.49. The van der Waals surface area contributed by atoms with Gasteiger partial charge in [0.15, 0.2) is 0 Å². The van der Waals surface area contributed by atoms with Crippen molar-refractivity contribution in [2.45, 2.75) is 13.3 Å². The van der Waals surface area contributed by atoms with Crippen molar-refractivity contribution in [2.24, 2.45) is 0 Å². The number of hydrogen-bond donors (Lipinski definition) is 1. The number of rotatable bonds is 2. The molecule has 1 aliphatic rings. The lowest BCUT2D eigenvalue weighted by atomic mass is 10.0. The normalized spacial score (nSPS) is 14.8. The van der Waals surface area contributed by atoms with Gasteiger partial charge >= 0.3 is 6.09 Å². The van der Waals surface area contributed by atoms with Crippen LogP contribution in [0.1, 0.15) is 17.8 Å². The maximum atomic E-state index is 10.9. The minimum absolute atomic E-state index is 0.378. The van der Waals surface area contributed by atoms with Crippen LogP contribution in [0.5, 0.6) is 0 Å². The summed E-state index contributed by atoms with van der Waals surface area (Å²) >= 11 is 6.20. The maximum Gasteiger partial charge on any atom is 0.407 e. The highest BCUT2D eigenvalue weighted by Gasteiger charge is 2.21. The SMILES string of the molecule is Cc1c(C2=CCN(C(=O)O)CC2)nnn1-c1ccccc1Cl. The van der Waals surface area contributed by atoms with Crippen molar-refractivity contribution in [3.8, 4) is 5.69 Å². The van der Waals surface area contributed by atoms with E-state index in [4.69, 9.17) is 16.7 Å². The molecule has 0 aliphatic carbocycles. The highest BCUT2D eigenvalue weighted by Crippen LogP contribution is 2.26. The van der Waals surface area contributed by atoms with Crippen LogP contribution in [-0.4, -0.2) is 44.2 Å². The summed E-state index contributed by atoms with van der Waals surface area (Å²) in [5, 5.41) is 18.0. The molecule has 114 valence electrons. The van der Waals surface area contributed by atoms with Gasteiger partial charge in [-0.2, -0.15) is 0 Å². The fourth-order valence-corrected chi connectivity index (χ4v) is 2.75. The zero-order valence-electron chi connectivity index (χ0n) is 12.0. The first-order chi connectivity index (χ1) is 10.6. The summed E-state index contributed by atoms with van der Waals surface area (Å²) in [4.78, 5) is 12.3. The Morgan fingerprint density at radius 1 is 1.36 bits per heavy atom. The fourth-order valence-electron chi connectivity index (χ4n) is 2.54. The molecule has 7 heteroatoms. The Labute approximate surface area is 132 Å². The highest BCUT2D eigenvalue weighted by molar-refractivity contribution is 6.32. The van der Waals surface area contributed by atoms with Crippen molar-refractivity contribution in [3.05, 3.63) is 46.8 Å². The molecule has 0 spiro atoms. The first kappa shape index (κ1) is 14.6. The van der Waals surface area contributed by atoms with Crippen molar-refractivity contribution in [3.63, 3.8) is 0 Å². The Morgan fingerprint density at radius 2 is 2.14 bits per heavy atom. The number of benzene rings is 1. The van der Waals surface area contributed by atoms with Crippen LogP contribution in [0, 0.1) is 6.92 Å². The predicted octanol–water partition coefficient (Wildman–Crippen LogP) is 3.00. The lowest BCUT2D eigenvalue weighted by Crippen LogP contribution is -2.33. The topological polar surface area (TPSA) is 71.2 Å². The molecule has 1 aromatic carbocycles. The van der Waals surface area contributed by atoms with E-state index in [0.717, 1.165) is 22.6 Å². The van der Waals surface area contributed by atoms with E-state index < -0.39 is 6.09 Å². The number of hydrogen-bond acceptors (Lipinski definition) is 3. The number of carboxylic acid groups (broad SMARTS) is 1. The second-order valence-electron chi connectivity index (χ2n) is 5.09. The van der Waals surface area contributed by atoms with Gasteiger partial charge < -0.3 is 10.0 Å². The molecule has 0 atom stereocenters. The van der Waals surface area contributed by atoms with E-state index in [9.17, 15) is 4.79 Å². The number of amides is 1. The molecule has 3 rings (SSSR count). The standard InChI is InChI=1S/C15H15ClN4O2/c1-10-14(11-6-8-19(9-7-11)15(21)22)17-18-20(10)13-5-3-2-4-12(13)16/h2-6H,7-9H2,1H3,(H,21,22). The van der Waals surface area contributed by atoms with Crippen molar-refractivity contribution in [2.75, 3.05) is 13.1 Å². The molecule has 1 aromatic heterocycles. The molecule has 22 heavy (non-hydrogen) atoms. The smallest absolute Gasteiger partial charge is 0.407 e. The van der Waals surface area contributed by atoms with Crippen LogP contribution in [0.25, 0.3) is 11.3 Å². The number of aromatic nitrogens is 3. The van der Waals surface area contributed by atoms with Gasteiger partial charge in [-0.15, -0.1) is 5.10 Å². The van der Waals surface area contributed by atoms with Crippen LogP contribution in [0.2, 0.25) is 5.02 Å². The average Bonchev–Trinajstić information content (AvgIpc) is 2.89. The average molecular weight is 319 g/mol. The van der Waals surface area contributed by atoms with Crippen LogP contribution in [-0.2, 0) is 0 Å². The zero-order chi connectivity index (χ0) is 15.7. The first-order valence-electron chi connectivity index (χ1n) is 6.92. The molecule has 1 N–H and O–H groups in total. The van der Waals surface area contributed by atoms with E-state index in [1.54, 1.807) is 4.68 Å². The van der Waals surface area contributed by atoms with E-state index in [2.05, 4.69) is 10.3 Å². The third-order valence-electron chi connectivity index (χ3n) is 3.76. The minimum atomic E-state index is -0.897. The summed E-state index contributed by atoms with van der Waals surface area (Å²) in [6, 6.07) is 7.45. The zero-order valence-corrected chi connectivity index (χ0v) is 12.8. The van der Waals surface area contributed by atoms with Gasteiger partial charge in [-0.1, -0.05) is 35.0 Å². The van der Waals surface area contributed by atoms with E-state index >= 15 is 0 Å². The summed E-state index contributed by atoms with van der Waals surface area (Å²) in [6.07, 6.45) is 1.63. The van der Waals surface area contributed by atoms with E-state index in [-0.39, 0.29) is 0 Å². The number of para-hydroxylation sites is 1. The Bertz CT molecular complexity index is 754. The van der Waals surface area contributed by atoms with Crippen LogP contribution < -0.4 is 0 Å². The Hall–Kier alpha value is -2.34. The minimum Gasteiger partial charge on any atom is -0.465 e. The van der Waals surface area contributed by atoms with Gasteiger partial charge in [0.2, 0.25) is 0 Å². The van der Waals surface area contributed by atoms with Crippen molar-refractivity contribution in [1.82, 2.24) is 19.9 Å². The highest BCUT2D eigenvalue weighted by atomic mass is 35.5.